The van der Waals surface area contributed by atoms with Crippen molar-refractivity contribution in [3.63, 3.8) is 0 Å². The van der Waals surface area contributed by atoms with E-state index < -0.39 is 0 Å². The molecule has 3 amide bonds. The van der Waals surface area contributed by atoms with E-state index in [1.165, 1.54) is 12.5 Å². The van der Waals surface area contributed by atoms with Gasteiger partial charge in [-0.15, -0.1) is 0 Å². The summed E-state index contributed by atoms with van der Waals surface area (Å²) < 4.78 is 14.1. The molecule has 1 saturated heterocycles. The number of carbonyl (C=O) groups excluding carboxylic acids is 2. The second-order valence-corrected chi connectivity index (χ2v) is 8.82. The van der Waals surface area contributed by atoms with Gasteiger partial charge in [0.2, 0.25) is 5.91 Å². The molecule has 0 radical (unpaired) electrons. The number of halogens is 2. The average molecular weight is 408 g/mol. The first-order valence-corrected chi connectivity index (χ1v) is 10.6. The van der Waals surface area contributed by atoms with Crippen molar-refractivity contribution in [3.8, 4) is 0 Å². The molecule has 28 heavy (non-hydrogen) atoms. The molecule has 1 spiro atoms. The van der Waals surface area contributed by atoms with Crippen LogP contribution in [0.5, 0.6) is 0 Å². The summed E-state index contributed by atoms with van der Waals surface area (Å²) in [6, 6.07) is 4.48. The summed E-state index contributed by atoms with van der Waals surface area (Å²) in [5.41, 5.74) is 0.275. The van der Waals surface area contributed by atoms with Crippen molar-refractivity contribution in [1.29, 1.82) is 0 Å². The number of benzene rings is 1. The quantitative estimate of drug-likeness (QED) is 0.808. The zero-order valence-corrected chi connectivity index (χ0v) is 17.0. The molecule has 152 valence electrons. The fourth-order valence-corrected chi connectivity index (χ4v) is 5.37. The Morgan fingerprint density at radius 2 is 1.96 bits per heavy atom. The molecule has 2 saturated carbocycles. The minimum absolute atomic E-state index is 0.0696. The van der Waals surface area contributed by atoms with Crippen molar-refractivity contribution >= 4 is 23.5 Å². The molecule has 0 unspecified atom stereocenters. The van der Waals surface area contributed by atoms with E-state index in [0.717, 1.165) is 25.7 Å². The van der Waals surface area contributed by atoms with Gasteiger partial charge in [-0.2, -0.15) is 0 Å². The first-order valence-electron chi connectivity index (χ1n) is 10.2. The second-order valence-electron chi connectivity index (χ2n) is 8.41. The van der Waals surface area contributed by atoms with E-state index in [4.69, 9.17) is 11.6 Å². The number of amides is 3. The lowest BCUT2D eigenvalue weighted by Gasteiger charge is -2.52. The van der Waals surface area contributed by atoms with Gasteiger partial charge in [-0.25, -0.2) is 9.18 Å². The normalized spacial score (nSPS) is 26.2. The van der Waals surface area contributed by atoms with Crippen molar-refractivity contribution in [1.82, 2.24) is 15.1 Å². The monoisotopic (exact) mass is 407 g/mol. The van der Waals surface area contributed by atoms with Crippen LogP contribution < -0.4 is 5.32 Å². The minimum atomic E-state index is -0.314. The Labute approximate surface area is 170 Å². The van der Waals surface area contributed by atoms with Crippen LogP contribution in [-0.2, 0) is 4.79 Å². The zero-order valence-electron chi connectivity index (χ0n) is 16.2. The topological polar surface area (TPSA) is 52.7 Å². The maximum Gasteiger partial charge on any atom is 0.317 e. The van der Waals surface area contributed by atoms with Crippen molar-refractivity contribution in [3.05, 3.63) is 34.6 Å². The fourth-order valence-electron chi connectivity index (χ4n) is 5.07. The Hall–Kier alpha value is -1.82. The van der Waals surface area contributed by atoms with Crippen LogP contribution >= 0.6 is 11.6 Å². The first-order chi connectivity index (χ1) is 13.4. The predicted molar refractivity (Wildman–Crippen MR) is 106 cm³/mol. The molecule has 0 aromatic heterocycles. The van der Waals surface area contributed by atoms with Gasteiger partial charge < -0.3 is 15.1 Å². The molecule has 4 rings (SSSR count). The lowest BCUT2D eigenvalue weighted by molar-refractivity contribution is -0.141. The van der Waals surface area contributed by atoms with Gasteiger partial charge in [-0.3, -0.25) is 4.79 Å². The number of carbonyl (C=O) groups is 2. The average Bonchev–Trinajstić information content (AvgIpc) is 3.40. The van der Waals surface area contributed by atoms with Crippen LogP contribution in [0.1, 0.15) is 56.9 Å². The van der Waals surface area contributed by atoms with Crippen LogP contribution in [0, 0.1) is 5.82 Å². The Morgan fingerprint density at radius 3 is 2.64 bits per heavy atom. The zero-order chi connectivity index (χ0) is 19.9. The van der Waals surface area contributed by atoms with Crippen LogP contribution in [0.25, 0.3) is 0 Å². The van der Waals surface area contributed by atoms with Crippen molar-refractivity contribution in [2.75, 3.05) is 19.6 Å². The van der Waals surface area contributed by atoms with E-state index in [-0.39, 0.29) is 35.3 Å². The largest absolute Gasteiger partial charge is 0.335 e. The number of nitrogens with zero attached hydrogens (tertiary/aromatic N) is 2. The van der Waals surface area contributed by atoms with Gasteiger partial charge in [0.25, 0.3) is 0 Å². The highest BCUT2D eigenvalue weighted by atomic mass is 35.5. The third kappa shape index (κ3) is 3.59. The Balaban J connectivity index is 1.41. The number of piperazine rings is 1. The molecule has 7 heteroatoms. The molecule has 3 fully saturated rings. The molecule has 1 heterocycles. The van der Waals surface area contributed by atoms with Gasteiger partial charge in [-0.05, 0) is 31.4 Å². The number of rotatable bonds is 2. The number of hydrogen-bond donors (Lipinski definition) is 1. The van der Waals surface area contributed by atoms with E-state index in [0.29, 0.717) is 36.6 Å². The molecule has 1 aliphatic heterocycles. The SMILES string of the molecule is CC(=O)N1CCN(C(=O)N[C@@H]2C[C@H]2c2c(F)cccc2Cl)CC12CCCCC2. The third-order valence-corrected chi connectivity index (χ3v) is 6.90. The first kappa shape index (κ1) is 19.5. The molecule has 5 nitrogen and oxygen atoms in total. The Morgan fingerprint density at radius 1 is 1.21 bits per heavy atom. The highest BCUT2D eigenvalue weighted by molar-refractivity contribution is 6.31. The molecule has 0 bridgehead atoms. The molecule has 1 aromatic rings. The lowest BCUT2D eigenvalue weighted by atomic mass is 9.78. The number of hydrogen-bond acceptors (Lipinski definition) is 2. The number of nitrogens with one attached hydrogen (secondary N) is 1. The Bertz CT molecular complexity index is 761. The van der Waals surface area contributed by atoms with E-state index in [1.807, 2.05) is 9.80 Å². The predicted octanol–water partition coefficient (Wildman–Crippen LogP) is 3.91. The van der Waals surface area contributed by atoms with Gasteiger partial charge in [-0.1, -0.05) is 36.9 Å². The fraction of sp³-hybridized carbons (Fsp3) is 0.619. The summed E-state index contributed by atoms with van der Waals surface area (Å²) in [5, 5.41) is 3.47. The summed E-state index contributed by atoms with van der Waals surface area (Å²) in [7, 11) is 0. The van der Waals surface area contributed by atoms with Gasteiger partial charge in [0.1, 0.15) is 5.82 Å². The van der Waals surface area contributed by atoms with Gasteiger partial charge in [0.05, 0.1) is 5.54 Å². The smallest absolute Gasteiger partial charge is 0.317 e. The maximum atomic E-state index is 14.1. The lowest BCUT2D eigenvalue weighted by Crippen LogP contribution is -2.66. The van der Waals surface area contributed by atoms with Gasteiger partial charge >= 0.3 is 6.03 Å². The van der Waals surface area contributed by atoms with Crippen LogP contribution in [0.15, 0.2) is 18.2 Å². The minimum Gasteiger partial charge on any atom is -0.335 e. The van der Waals surface area contributed by atoms with Crippen LogP contribution in [-0.4, -0.2) is 53.0 Å². The summed E-state index contributed by atoms with van der Waals surface area (Å²) in [4.78, 5) is 28.9. The van der Waals surface area contributed by atoms with Crippen molar-refractivity contribution in [2.45, 2.75) is 62.9 Å². The summed E-state index contributed by atoms with van der Waals surface area (Å²) in [6.45, 7) is 3.32. The van der Waals surface area contributed by atoms with Crippen LogP contribution in [0.3, 0.4) is 0 Å². The summed E-state index contributed by atoms with van der Waals surface area (Å²) in [6.07, 6.45) is 5.98. The Kier molecular flexibility index (Phi) is 5.25. The molecular weight excluding hydrogens is 381 g/mol. The van der Waals surface area contributed by atoms with Crippen molar-refractivity contribution < 1.29 is 14.0 Å². The third-order valence-electron chi connectivity index (χ3n) is 6.57. The number of urea groups is 1. The molecular formula is C21H27ClFN3O2. The molecule has 1 aromatic carbocycles. The van der Waals surface area contributed by atoms with E-state index >= 15 is 0 Å². The van der Waals surface area contributed by atoms with Crippen LogP contribution in [0.2, 0.25) is 5.02 Å². The maximum absolute atomic E-state index is 14.1. The van der Waals surface area contributed by atoms with Crippen molar-refractivity contribution in [2.24, 2.45) is 0 Å². The molecule has 2 aliphatic carbocycles. The molecule has 3 aliphatic rings. The van der Waals surface area contributed by atoms with Gasteiger partial charge in [0, 0.05) is 49.1 Å². The van der Waals surface area contributed by atoms with Gasteiger partial charge in [0.15, 0.2) is 0 Å². The second kappa shape index (κ2) is 7.54. The van der Waals surface area contributed by atoms with E-state index in [9.17, 15) is 14.0 Å². The van der Waals surface area contributed by atoms with E-state index in [2.05, 4.69) is 5.32 Å². The highest BCUT2D eigenvalue weighted by Crippen LogP contribution is 2.45. The highest BCUT2D eigenvalue weighted by Gasteiger charge is 2.47. The van der Waals surface area contributed by atoms with E-state index in [1.54, 1.807) is 19.1 Å². The van der Waals surface area contributed by atoms with Crippen LogP contribution in [0.4, 0.5) is 9.18 Å². The molecule has 2 atom stereocenters. The summed E-state index contributed by atoms with van der Waals surface area (Å²) >= 11 is 6.16. The standard InChI is InChI=1S/C21H27ClFN3O2/c1-14(27)26-11-10-25(13-21(26)8-3-2-4-9-21)20(28)24-18-12-15(18)19-16(22)6-5-7-17(19)23/h5-7,15,18H,2-4,8-13H2,1H3,(H,24,28)/t15-,18-/m1/s1. The summed E-state index contributed by atoms with van der Waals surface area (Å²) in [5.74, 6) is -0.288. The molecule has 1 N–H and O–H groups in total.